The van der Waals surface area contributed by atoms with E-state index in [9.17, 15) is 31.5 Å². The van der Waals surface area contributed by atoms with Gasteiger partial charge >= 0.3 is 12.2 Å². The molecule has 0 radical (unpaired) electrons. The Balaban J connectivity index is 0.000000228. The Morgan fingerprint density at radius 2 is 1.14 bits per heavy atom. The molecule has 4 aromatic rings. The quantitative estimate of drug-likeness (QED) is 0.0575. The molecule has 0 saturated carbocycles. The lowest BCUT2D eigenvalue weighted by Crippen LogP contribution is -2.52. The minimum absolute atomic E-state index is 0.0286. The minimum Gasteiger partial charge on any atom is -0.497 e. The molecule has 3 fully saturated rings. The van der Waals surface area contributed by atoms with Crippen LogP contribution in [0.1, 0.15) is 65.5 Å². The molecular formula is C52H72N4O16S2. The normalized spacial score (nSPS) is 18.8. The van der Waals surface area contributed by atoms with Gasteiger partial charge in [0.2, 0.25) is 0 Å². The van der Waals surface area contributed by atoms with Gasteiger partial charge in [-0.1, -0.05) is 70.0 Å². The number of hydrogen-bond donors (Lipinski definition) is 4. The second-order valence-electron chi connectivity index (χ2n) is 19.4. The molecule has 4 N–H and O–H groups in total. The molecule has 4 unspecified atom stereocenters. The van der Waals surface area contributed by atoms with Gasteiger partial charge in [-0.05, 0) is 114 Å². The minimum atomic E-state index is -4.18. The van der Waals surface area contributed by atoms with Gasteiger partial charge in [0.05, 0.1) is 68.6 Å². The Kier molecular flexibility index (Phi) is 22.5. The van der Waals surface area contributed by atoms with Crippen molar-refractivity contribution in [2.45, 2.75) is 125 Å². The molecule has 3 saturated heterocycles. The number of sulfonamides is 2. The summed E-state index contributed by atoms with van der Waals surface area (Å²) in [4.78, 5) is 37.5. The fraction of sp³-hybridized carbons (Fsp3) is 0.500. The number of benzene rings is 4. The number of nitrogens with one attached hydrogen (secondary N) is 3. The number of carbonyl (C=O) groups is 2. The molecule has 3 aliphatic heterocycles. The number of hydrogen-bond acceptors (Lipinski definition) is 16. The molecule has 7 rings (SSSR count). The Morgan fingerprint density at radius 1 is 0.662 bits per heavy atom. The number of aliphatic hydroxyl groups excluding tert-OH is 1. The predicted molar refractivity (Wildman–Crippen MR) is 273 cm³/mol. The number of epoxide rings is 1. The standard InChI is InChI=1S/C26H36N2O8S.C15H21NO3.C11H15NO5S/c1-26(2,3)35-25(30)27-23(16-19-8-6-5-7-9-19)24(29)17-28(36-21-14-15-34-18-21)37(31,32)22-12-10-20(33-4)11-13-22;1-15(2,3)19-14(17)16-12(13-10-18-13)9-11-7-5-4-6-8-11;1-15-9-2-4-11(5-3-9)18(13,14)12-17-10-6-7-16-8-10/h5-13,21,23-24,29H,14-18H2,1-4H3,(H,27,30);4-8,12-13H,9-10H2,1-3H3,(H,16,17);2-5,10,12H,6-8H2,1H3/t21?,23-,24+;;/m0../s1. The number of carbonyl (C=O) groups excluding carboxylic acids is 2. The molecule has 6 atom stereocenters. The third-order valence-electron chi connectivity index (χ3n) is 11.0. The van der Waals surface area contributed by atoms with Gasteiger partial charge in [0.15, 0.2) is 0 Å². The van der Waals surface area contributed by atoms with E-state index in [2.05, 4.69) is 15.5 Å². The van der Waals surface area contributed by atoms with E-state index in [0.717, 1.165) is 16.5 Å². The first kappa shape index (κ1) is 59.5. The van der Waals surface area contributed by atoms with Crippen molar-refractivity contribution >= 4 is 32.2 Å². The maximum Gasteiger partial charge on any atom is 0.407 e. The highest BCUT2D eigenvalue weighted by molar-refractivity contribution is 7.89. The van der Waals surface area contributed by atoms with Crippen LogP contribution >= 0.6 is 0 Å². The Labute approximate surface area is 435 Å². The number of alkyl carbamates (subject to hydrolysis) is 2. The summed E-state index contributed by atoms with van der Waals surface area (Å²) < 4.78 is 88.1. The highest BCUT2D eigenvalue weighted by atomic mass is 32.2. The first-order chi connectivity index (χ1) is 35.0. The molecule has 74 heavy (non-hydrogen) atoms. The molecule has 0 aromatic heterocycles. The summed E-state index contributed by atoms with van der Waals surface area (Å²) >= 11 is 0. The van der Waals surface area contributed by atoms with Crippen LogP contribution in [0.25, 0.3) is 0 Å². The second-order valence-corrected chi connectivity index (χ2v) is 22.9. The Hall–Kier alpha value is -5.40. The van der Waals surface area contributed by atoms with Crippen LogP contribution in [0.2, 0.25) is 0 Å². The summed E-state index contributed by atoms with van der Waals surface area (Å²) in [7, 11) is -4.83. The number of methoxy groups -OCH3 is 2. The molecule has 4 aromatic carbocycles. The molecule has 408 valence electrons. The third kappa shape index (κ3) is 20.7. The topological polar surface area (TPSA) is 248 Å². The maximum absolute atomic E-state index is 13.5. The van der Waals surface area contributed by atoms with Gasteiger partial charge in [-0.2, -0.15) is 0 Å². The second kappa shape index (κ2) is 27.9. The molecule has 22 heteroatoms. The number of hydroxylamine groups is 1. The average Bonchev–Trinajstić information content (AvgIpc) is 3.81. The van der Waals surface area contributed by atoms with Gasteiger partial charge in [-0.3, -0.25) is 9.68 Å². The lowest BCUT2D eigenvalue weighted by molar-refractivity contribution is -0.147. The van der Waals surface area contributed by atoms with Crippen molar-refractivity contribution in [3.63, 3.8) is 0 Å². The van der Waals surface area contributed by atoms with Gasteiger partial charge in [0, 0.05) is 26.1 Å². The van der Waals surface area contributed by atoms with Crippen molar-refractivity contribution in [1.82, 2.24) is 20.0 Å². The molecule has 3 heterocycles. The maximum atomic E-state index is 13.5. The van der Waals surface area contributed by atoms with Crippen molar-refractivity contribution < 1.29 is 74.4 Å². The molecule has 20 nitrogen and oxygen atoms in total. The van der Waals surface area contributed by atoms with E-state index in [1.54, 1.807) is 32.9 Å². The van der Waals surface area contributed by atoms with Gasteiger partial charge in [-0.15, -0.1) is 0 Å². The van der Waals surface area contributed by atoms with Crippen LogP contribution in [0.3, 0.4) is 0 Å². The average molecular weight is 1070 g/mol. The molecule has 3 aliphatic rings. The Morgan fingerprint density at radius 3 is 1.59 bits per heavy atom. The van der Waals surface area contributed by atoms with Crippen molar-refractivity contribution in [3.8, 4) is 11.5 Å². The van der Waals surface area contributed by atoms with Crippen molar-refractivity contribution in [2.24, 2.45) is 0 Å². The van der Waals surface area contributed by atoms with E-state index in [0.29, 0.717) is 50.8 Å². The van der Waals surface area contributed by atoms with Crippen LogP contribution < -0.4 is 25.0 Å². The smallest absolute Gasteiger partial charge is 0.407 e. The number of amides is 2. The fourth-order valence-corrected chi connectivity index (χ4v) is 9.30. The fourth-order valence-electron chi connectivity index (χ4n) is 7.15. The summed E-state index contributed by atoms with van der Waals surface area (Å²) in [5.41, 5.74) is 0.796. The number of ether oxygens (including phenoxy) is 7. The summed E-state index contributed by atoms with van der Waals surface area (Å²) in [5, 5.41) is 16.8. The zero-order chi connectivity index (χ0) is 53.9. The van der Waals surface area contributed by atoms with Crippen LogP contribution in [0.15, 0.2) is 119 Å². The zero-order valence-corrected chi connectivity index (χ0v) is 44.9. The van der Waals surface area contributed by atoms with E-state index in [-0.39, 0.29) is 47.2 Å². The van der Waals surface area contributed by atoms with Crippen LogP contribution in [0.5, 0.6) is 11.5 Å². The Bertz CT molecular complexity index is 2530. The lowest BCUT2D eigenvalue weighted by atomic mass is 10.0. The van der Waals surface area contributed by atoms with Crippen molar-refractivity contribution in [3.05, 3.63) is 120 Å². The lowest BCUT2D eigenvalue weighted by Gasteiger charge is -2.31. The van der Waals surface area contributed by atoms with Crippen LogP contribution in [-0.4, -0.2) is 140 Å². The van der Waals surface area contributed by atoms with Crippen LogP contribution in [0, 0.1) is 0 Å². The number of nitrogens with zero attached hydrogens (tertiary/aromatic N) is 1. The van der Waals surface area contributed by atoms with Gasteiger partial charge in [0.1, 0.15) is 41.0 Å². The number of aliphatic hydroxyl groups is 1. The van der Waals surface area contributed by atoms with E-state index >= 15 is 0 Å². The first-order valence-corrected chi connectivity index (χ1v) is 27.1. The highest BCUT2D eigenvalue weighted by Crippen LogP contribution is 2.25. The molecular weight excluding hydrogens is 1000 g/mol. The van der Waals surface area contributed by atoms with E-state index in [1.807, 2.05) is 81.4 Å². The van der Waals surface area contributed by atoms with Gasteiger partial charge in [0.25, 0.3) is 20.0 Å². The largest absolute Gasteiger partial charge is 0.497 e. The predicted octanol–water partition coefficient (Wildman–Crippen LogP) is 6.12. The van der Waals surface area contributed by atoms with E-state index < -0.39 is 62.1 Å². The van der Waals surface area contributed by atoms with E-state index in [1.165, 1.54) is 56.2 Å². The van der Waals surface area contributed by atoms with Gasteiger partial charge < -0.3 is 48.9 Å². The van der Waals surface area contributed by atoms with Gasteiger partial charge in [-0.25, -0.2) is 26.4 Å². The van der Waals surface area contributed by atoms with E-state index in [4.69, 9.17) is 42.8 Å². The SMILES string of the molecule is CC(C)(C)OC(=O)NC(Cc1ccccc1)C1CO1.COc1ccc(S(=O)(=O)N(C[C@@H](O)[C@H](Cc2ccccc2)NC(=O)OC(C)(C)C)OC2CCOC2)cc1.COc1ccc(S(=O)(=O)NOC2CCOC2)cc1. The molecule has 0 spiro atoms. The van der Waals surface area contributed by atoms with Crippen molar-refractivity contribution in [1.29, 1.82) is 0 Å². The highest BCUT2D eigenvalue weighted by Gasteiger charge is 2.37. The molecule has 0 aliphatic carbocycles. The van der Waals surface area contributed by atoms with Crippen LogP contribution in [0.4, 0.5) is 9.59 Å². The van der Waals surface area contributed by atoms with Crippen molar-refractivity contribution in [2.75, 3.05) is 53.8 Å². The summed E-state index contributed by atoms with van der Waals surface area (Å²) in [5.74, 6) is 1.10. The molecule has 0 bridgehead atoms. The first-order valence-electron chi connectivity index (χ1n) is 24.2. The summed E-state index contributed by atoms with van der Waals surface area (Å²) in [6.45, 7) is 12.7. The third-order valence-corrected chi connectivity index (χ3v) is 13.8. The van der Waals surface area contributed by atoms with Crippen LogP contribution in [-0.2, 0) is 66.2 Å². The zero-order valence-electron chi connectivity index (χ0n) is 43.3. The molecule has 2 amide bonds. The number of rotatable bonds is 20. The summed E-state index contributed by atoms with van der Waals surface area (Å²) in [6, 6.07) is 30.4. The monoisotopic (exact) mass is 1070 g/mol. The summed E-state index contributed by atoms with van der Waals surface area (Å²) in [6.07, 6.45) is -0.861.